The molecule has 10 nitrogen and oxygen atoms in total. The third kappa shape index (κ3) is 4.97. The van der Waals surface area contributed by atoms with Crippen molar-refractivity contribution in [1.82, 2.24) is 9.97 Å². The summed E-state index contributed by atoms with van der Waals surface area (Å²) < 4.78 is 0. The van der Waals surface area contributed by atoms with E-state index in [2.05, 4.69) is 15.3 Å². The molecule has 1 amide bonds. The molecule has 32 heavy (non-hydrogen) atoms. The minimum absolute atomic E-state index is 0.0582. The van der Waals surface area contributed by atoms with E-state index in [1.807, 2.05) is 6.07 Å². The van der Waals surface area contributed by atoms with Crippen molar-refractivity contribution < 1.29 is 24.9 Å². The van der Waals surface area contributed by atoms with Crippen molar-refractivity contribution in [2.45, 2.75) is 18.9 Å². The molecule has 1 atom stereocenters. The minimum atomic E-state index is -1.53. The molecule has 2 aromatic heterocycles. The Morgan fingerprint density at radius 3 is 2.72 bits per heavy atom. The van der Waals surface area contributed by atoms with Crippen LogP contribution in [-0.2, 0) is 9.59 Å². The Morgan fingerprint density at radius 2 is 2.03 bits per heavy atom. The average molecular weight is 432 g/mol. The van der Waals surface area contributed by atoms with Gasteiger partial charge in [0, 0.05) is 23.4 Å². The van der Waals surface area contributed by atoms with Gasteiger partial charge in [0.05, 0.1) is 5.69 Å². The number of aliphatic hydroxyl groups is 1. The predicted molar refractivity (Wildman–Crippen MR) is 113 cm³/mol. The Morgan fingerprint density at radius 1 is 1.25 bits per heavy atom. The lowest BCUT2D eigenvalue weighted by molar-refractivity contribution is -0.306. The second-order valence-electron chi connectivity index (χ2n) is 6.79. The predicted octanol–water partition coefficient (Wildman–Crippen LogP) is 0.800. The summed E-state index contributed by atoms with van der Waals surface area (Å²) in [4.78, 5) is 30.9. The molecule has 0 aliphatic carbocycles. The number of rotatable bonds is 7. The molecule has 0 bridgehead atoms. The van der Waals surface area contributed by atoms with E-state index in [1.54, 1.807) is 36.4 Å². The zero-order valence-corrected chi connectivity index (χ0v) is 16.6. The van der Waals surface area contributed by atoms with Gasteiger partial charge in [-0.25, -0.2) is 4.98 Å². The van der Waals surface area contributed by atoms with E-state index < -0.39 is 24.4 Å². The van der Waals surface area contributed by atoms with E-state index in [0.717, 1.165) is 0 Å². The lowest BCUT2D eigenvalue weighted by atomic mass is 9.99. The maximum absolute atomic E-state index is 12.1. The fraction of sp³-hybridized carbons (Fsp3) is 0.136. The molecule has 0 saturated carbocycles. The molecule has 5 N–H and O–H groups in total. The third-order valence-corrected chi connectivity index (χ3v) is 4.55. The van der Waals surface area contributed by atoms with Crippen LogP contribution < -0.4 is 16.2 Å². The van der Waals surface area contributed by atoms with Crippen LogP contribution in [0, 0.1) is 11.3 Å². The maximum atomic E-state index is 12.1. The number of aromatic nitrogens is 2. The summed E-state index contributed by atoms with van der Waals surface area (Å²) in [6, 6.07) is 13.0. The van der Waals surface area contributed by atoms with Crippen LogP contribution in [0.3, 0.4) is 0 Å². The number of aliphatic hydroxyl groups excluding tert-OH is 1. The summed E-state index contributed by atoms with van der Waals surface area (Å²) in [7, 11) is 0. The van der Waals surface area contributed by atoms with Crippen LogP contribution in [0.5, 0.6) is 5.75 Å². The Balaban J connectivity index is 1.96. The van der Waals surface area contributed by atoms with Gasteiger partial charge in [0.2, 0.25) is 0 Å². The van der Waals surface area contributed by atoms with Crippen molar-refractivity contribution in [1.29, 1.82) is 5.26 Å². The number of anilines is 2. The van der Waals surface area contributed by atoms with E-state index in [4.69, 9.17) is 5.73 Å². The topological polar surface area (TPSA) is 185 Å². The second kappa shape index (κ2) is 9.55. The number of aliphatic carboxylic acids is 1. The van der Waals surface area contributed by atoms with E-state index in [9.17, 15) is 30.2 Å². The second-order valence-corrected chi connectivity index (χ2v) is 6.79. The fourth-order valence-corrected chi connectivity index (χ4v) is 3.00. The number of hydrogen-bond acceptors (Lipinski definition) is 9. The fourth-order valence-electron chi connectivity index (χ4n) is 3.00. The van der Waals surface area contributed by atoms with Crippen molar-refractivity contribution in [3.8, 4) is 34.3 Å². The van der Waals surface area contributed by atoms with Crippen LogP contribution in [0.1, 0.15) is 18.4 Å². The van der Waals surface area contributed by atoms with Crippen molar-refractivity contribution in [3.63, 3.8) is 0 Å². The van der Waals surface area contributed by atoms with Gasteiger partial charge in [0.25, 0.3) is 5.91 Å². The van der Waals surface area contributed by atoms with Crippen molar-refractivity contribution in [2.75, 3.05) is 11.1 Å². The number of carboxylic acid groups (broad SMARTS) is 1. The van der Waals surface area contributed by atoms with Gasteiger partial charge >= 0.3 is 0 Å². The van der Waals surface area contributed by atoms with Crippen LogP contribution in [-0.4, -0.2) is 38.2 Å². The Kier molecular flexibility index (Phi) is 6.62. The third-order valence-electron chi connectivity index (χ3n) is 4.55. The number of hydrogen-bond donors (Lipinski definition) is 4. The van der Waals surface area contributed by atoms with Gasteiger partial charge < -0.3 is 31.2 Å². The number of aromatic hydroxyl groups is 1. The Bertz CT molecular complexity index is 1220. The number of carbonyl (C=O) groups is 2. The summed E-state index contributed by atoms with van der Waals surface area (Å²) in [6.45, 7) is 0. The van der Waals surface area contributed by atoms with Gasteiger partial charge in [-0.15, -0.1) is 0 Å². The number of nitriles is 1. The van der Waals surface area contributed by atoms with Crippen LogP contribution >= 0.6 is 0 Å². The molecule has 1 unspecified atom stereocenters. The smallest absolute Gasteiger partial charge is 0.253 e. The van der Waals surface area contributed by atoms with Crippen LogP contribution in [0.15, 0.2) is 48.7 Å². The van der Waals surface area contributed by atoms with E-state index in [1.165, 1.54) is 12.3 Å². The average Bonchev–Trinajstić information content (AvgIpc) is 2.77. The molecule has 10 heteroatoms. The first-order valence-corrected chi connectivity index (χ1v) is 9.44. The van der Waals surface area contributed by atoms with Crippen LogP contribution in [0.25, 0.3) is 22.5 Å². The van der Waals surface area contributed by atoms with Gasteiger partial charge in [0.15, 0.2) is 0 Å². The summed E-state index contributed by atoms with van der Waals surface area (Å²) in [5.41, 5.74) is 7.72. The van der Waals surface area contributed by atoms with Gasteiger partial charge in [-0.1, -0.05) is 12.1 Å². The highest BCUT2D eigenvalue weighted by molar-refractivity contribution is 5.95. The van der Waals surface area contributed by atoms with Crippen molar-refractivity contribution >= 4 is 23.4 Å². The number of nitrogens with two attached hydrogens (primary N) is 1. The first-order valence-electron chi connectivity index (χ1n) is 9.44. The van der Waals surface area contributed by atoms with Crippen molar-refractivity contribution in [2.24, 2.45) is 0 Å². The van der Waals surface area contributed by atoms with E-state index in [-0.39, 0.29) is 34.9 Å². The van der Waals surface area contributed by atoms with Crippen molar-refractivity contribution in [3.05, 3.63) is 54.2 Å². The number of benzene rings is 1. The molecule has 3 rings (SSSR count). The number of amides is 1. The van der Waals surface area contributed by atoms with Gasteiger partial charge in [-0.3, -0.25) is 9.78 Å². The Labute approximate surface area is 182 Å². The maximum Gasteiger partial charge on any atom is 0.253 e. The zero-order valence-electron chi connectivity index (χ0n) is 16.6. The van der Waals surface area contributed by atoms with Crippen LogP contribution in [0.4, 0.5) is 11.5 Å². The van der Waals surface area contributed by atoms with Crippen LogP contribution in [0.2, 0.25) is 0 Å². The molecule has 162 valence electrons. The number of nitrogens with zero attached hydrogens (tertiary/aromatic N) is 3. The lowest BCUT2D eigenvalue weighted by Gasteiger charge is -2.14. The Hall–Kier alpha value is -4.49. The normalized spacial score (nSPS) is 11.4. The molecule has 2 heterocycles. The largest absolute Gasteiger partial charge is 0.550 e. The highest BCUT2D eigenvalue weighted by atomic mass is 16.4. The molecular weight excluding hydrogens is 414 g/mol. The monoisotopic (exact) mass is 432 g/mol. The van der Waals surface area contributed by atoms with E-state index in [0.29, 0.717) is 16.8 Å². The molecule has 0 radical (unpaired) electrons. The van der Waals surface area contributed by atoms with Gasteiger partial charge in [0.1, 0.15) is 35.0 Å². The molecule has 0 spiro atoms. The lowest BCUT2D eigenvalue weighted by Crippen LogP contribution is -2.30. The number of nitrogen functional groups attached to an aromatic ring is 1. The minimum Gasteiger partial charge on any atom is -0.550 e. The first-order chi connectivity index (χ1) is 15.3. The number of pyridine rings is 2. The molecular formula is C22H18N5O5-. The quantitative estimate of drug-likeness (QED) is 0.419. The first kappa shape index (κ1) is 22.2. The molecule has 1 aromatic carbocycles. The molecule has 0 aliphatic rings. The highest BCUT2D eigenvalue weighted by Gasteiger charge is 2.18. The number of nitrogens with one attached hydrogen (secondary N) is 1. The highest BCUT2D eigenvalue weighted by Crippen LogP contribution is 2.34. The number of carbonyl (C=O) groups excluding carboxylic acids is 2. The zero-order chi connectivity index (χ0) is 23.3. The number of carboxylic acids is 1. The standard InChI is InChI=1S/C22H19N5O5/c23-11-15-14(10-16(27-21(15)24)20-17(28)5-2-8-25-20)12-3-1-4-13(9-12)26-22(32)18(29)6-7-19(30)31/h1-5,8-10,18,28-29H,6-7H2,(H2,24,27)(H,26,32)(H,30,31)/p-1. The summed E-state index contributed by atoms with van der Waals surface area (Å²) >= 11 is 0. The van der Waals surface area contributed by atoms with Gasteiger partial charge in [-0.2, -0.15) is 5.26 Å². The summed E-state index contributed by atoms with van der Waals surface area (Å²) in [6.07, 6.45) is -0.794. The molecule has 0 aliphatic heterocycles. The molecule has 0 saturated heterocycles. The summed E-state index contributed by atoms with van der Waals surface area (Å²) in [5, 5.41) is 42.5. The summed E-state index contributed by atoms with van der Waals surface area (Å²) in [5.74, 6) is -2.32. The molecule has 3 aromatic rings. The van der Waals surface area contributed by atoms with Gasteiger partial charge in [-0.05, 0) is 48.7 Å². The van der Waals surface area contributed by atoms with E-state index >= 15 is 0 Å². The molecule has 0 fully saturated rings. The SMILES string of the molecule is N#Cc1c(-c2cccc(NC(=O)C(O)CCC(=O)[O-])c2)cc(-c2ncccc2O)nc1N.